The first-order chi connectivity index (χ1) is 19.9. The first kappa shape index (κ1) is 28.2. The van der Waals surface area contributed by atoms with Gasteiger partial charge in [0.2, 0.25) is 5.91 Å². The van der Waals surface area contributed by atoms with Crippen LogP contribution in [0.3, 0.4) is 0 Å². The number of methoxy groups -OCH3 is 1. The van der Waals surface area contributed by atoms with Crippen molar-refractivity contribution in [1.82, 2.24) is 24.6 Å². The van der Waals surface area contributed by atoms with Gasteiger partial charge < -0.3 is 9.64 Å². The lowest BCUT2D eigenvalue weighted by atomic mass is 9.98. The number of benzene rings is 2. The predicted octanol–water partition coefficient (Wildman–Crippen LogP) is 6.15. The maximum atomic E-state index is 13.9. The van der Waals surface area contributed by atoms with Crippen LogP contribution in [0.15, 0.2) is 67.0 Å². The Kier molecular flexibility index (Phi) is 8.58. The molecule has 2 aromatic carbocycles. The fourth-order valence-electron chi connectivity index (χ4n) is 5.31. The van der Waals surface area contributed by atoms with E-state index >= 15 is 0 Å². The minimum Gasteiger partial charge on any atom is -0.495 e. The van der Waals surface area contributed by atoms with E-state index in [2.05, 4.69) is 4.98 Å². The van der Waals surface area contributed by atoms with Crippen molar-refractivity contribution in [2.24, 2.45) is 0 Å². The van der Waals surface area contributed by atoms with Gasteiger partial charge >= 0.3 is 0 Å². The minimum atomic E-state index is -0.445. The van der Waals surface area contributed by atoms with Crippen molar-refractivity contribution in [3.63, 3.8) is 0 Å². The van der Waals surface area contributed by atoms with E-state index in [0.29, 0.717) is 35.5 Å². The molecule has 10 nitrogen and oxygen atoms in total. The molecule has 41 heavy (non-hydrogen) atoms. The van der Waals surface area contributed by atoms with Gasteiger partial charge in [-0.1, -0.05) is 36.6 Å². The number of non-ortho nitro benzene ring substituents is 1. The smallest absolute Gasteiger partial charge is 0.269 e. The number of ether oxygens (including phenoxy) is 1. The van der Waals surface area contributed by atoms with E-state index in [0.717, 1.165) is 42.4 Å². The number of pyridine rings is 1. The standard InChI is InChI=1S/C30H31ClN6O4/c1-20(21-7-10-25(11-8-21)37(39)40)30(38)35(24-5-3-4-6-24)17-18-36-29(23-9-12-27(41-2)26(31)19-23)33-28(34-36)22-13-15-32-16-14-22/h7-16,19-20,24H,3-6,17-18H2,1-2H3. The van der Waals surface area contributed by atoms with Crippen LogP contribution in [-0.4, -0.2) is 55.2 Å². The SMILES string of the molecule is COc1ccc(-c2nc(-c3ccncc3)nn2CCN(C(=O)C(C)c2ccc([N+](=O)[O-])cc2)C2CCCC2)cc1Cl. The lowest BCUT2D eigenvalue weighted by Gasteiger charge is -2.31. The molecule has 212 valence electrons. The summed E-state index contributed by atoms with van der Waals surface area (Å²) in [6, 6.07) is 15.5. The normalized spacial score (nSPS) is 14.1. The molecule has 1 aliphatic rings. The Morgan fingerprint density at radius 1 is 1.12 bits per heavy atom. The molecule has 4 aromatic rings. The van der Waals surface area contributed by atoms with Gasteiger partial charge in [-0.05, 0) is 55.7 Å². The number of nitro benzene ring substituents is 1. The number of hydrogen-bond donors (Lipinski definition) is 0. The lowest BCUT2D eigenvalue weighted by molar-refractivity contribution is -0.384. The highest BCUT2D eigenvalue weighted by Crippen LogP contribution is 2.32. The maximum Gasteiger partial charge on any atom is 0.269 e. The van der Waals surface area contributed by atoms with E-state index in [-0.39, 0.29) is 17.6 Å². The van der Waals surface area contributed by atoms with Crippen LogP contribution >= 0.6 is 11.6 Å². The van der Waals surface area contributed by atoms with Gasteiger partial charge in [0.1, 0.15) is 5.75 Å². The molecule has 5 rings (SSSR count). The molecule has 11 heteroatoms. The number of hydrogen-bond acceptors (Lipinski definition) is 7. The van der Waals surface area contributed by atoms with E-state index in [1.165, 1.54) is 12.1 Å². The summed E-state index contributed by atoms with van der Waals surface area (Å²) in [5.74, 6) is 1.29. The van der Waals surface area contributed by atoms with Crippen LogP contribution in [0.25, 0.3) is 22.8 Å². The van der Waals surface area contributed by atoms with Crippen LogP contribution < -0.4 is 4.74 Å². The molecule has 1 amide bonds. The monoisotopic (exact) mass is 574 g/mol. The molecule has 0 saturated heterocycles. The summed E-state index contributed by atoms with van der Waals surface area (Å²) in [5.41, 5.74) is 2.36. The maximum absolute atomic E-state index is 13.9. The zero-order valence-electron chi connectivity index (χ0n) is 22.9. The van der Waals surface area contributed by atoms with Crippen LogP contribution in [0.5, 0.6) is 5.75 Å². The number of carbonyl (C=O) groups is 1. The van der Waals surface area contributed by atoms with Crippen molar-refractivity contribution in [3.8, 4) is 28.5 Å². The number of halogens is 1. The second-order valence-corrected chi connectivity index (χ2v) is 10.5. The van der Waals surface area contributed by atoms with Crippen molar-refractivity contribution in [3.05, 3.63) is 87.7 Å². The molecular formula is C30H31ClN6O4. The second kappa shape index (κ2) is 12.5. The summed E-state index contributed by atoms with van der Waals surface area (Å²) in [5, 5.41) is 16.4. The Hall–Kier alpha value is -4.31. The van der Waals surface area contributed by atoms with Gasteiger partial charge in [0, 0.05) is 48.2 Å². The summed E-state index contributed by atoms with van der Waals surface area (Å²) >= 11 is 6.45. The number of aromatic nitrogens is 4. The molecule has 0 N–H and O–H groups in total. The molecule has 1 aliphatic carbocycles. The first-order valence-corrected chi connectivity index (χ1v) is 14.0. The molecule has 2 aromatic heterocycles. The van der Waals surface area contributed by atoms with Crippen LogP contribution in [0.4, 0.5) is 5.69 Å². The average Bonchev–Trinajstić information content (AvgIpc) is 3.68. The van der Waals surface area contributed by atoms with E-state index in [1.54, 1.807) is 43.8 Å². The highest BCUT2D eigenvalue weighted by Gasteiger charge is 2.31. The van der Waals surface area contributed by atoms with Gasteiger partial charge in [-0.15, -0.1) is 0 Å². The fraction of sp³-hybridized carbons (Fsp3) is 0.333. The Bertz CT molecular complexity index is 1520. The Morgan fingerprint density at radius 3 is 2.46 bits per heavy atom. The molecule has 2 heterocycles. The first-order valence-electron chi connectivity index (χ1n) is 13.6. The van der Waals surface area contributed by atoms with Gasteiger partial charge in [0.05, 0.1) is 29.5 Å². The molecule has 0 aliphatic heterocycles. The quantitative estimate of drug-likeness (QED) is 0.165. The van der Waals surface area contributed by atoms with Gasteiger partial charge in [-0.25, -0.2) is 9.67 Å². The molecule has 0 radical (unpaired) electrons. The lowest BCUT2D eigenvalue weighted by Crippen LogP contribution is -2.43. The highest BCUT2D eigenvalue weighted by molar-refractivity contribution is 6.32. The third-order valence-corrected chi connectivity index (χ3v) is 7.89. The van der Waals surface area contributed by atoms with Crippen LogP contribution in [-0.2, 0) is 11.3 Å². The summed E-state index contributed by atoms with van der Waals surface area (Å²) in [6.45, 7) is 2.72. The van der Waals surface area contributed by atoms with Crippen LogP contribution in [0, 0.1) is 10.1 Å². The topological polar surface area (TPSA) is 116 Å². The molecule has 1 fully saturated rings. The van der Waals surface area contributed by atoms with Crippen molar-refractivity contribution < 1.29 is 14.5 Å². The van der Waals surface area contributed by atoms with Crippen LogP contribution in [0.2, 0.25) is 5.02 Å². The van der Waals surface area contributed by atoms with Crippen molar-refractivity contribution in [2.75, 3.05) is 13.7 Å². The minimum absolute atomic E-state index is 0.00314. The van der Waals surface area contributed by atoms with Gasteiger partial charge in [0.15, 0.2) is 11.6 Å². The second-order valence-electron chi connectivity index (χ2n) is 10.1. The molecule has 0 bridgehead atoms. The van der Waals surface area contributed by atoms with Crippen molar-refractivity contribution in [1.29, 1.82) is 0 Å². The van der Waals surface area contributed by atoms with Gasteiger partial charge in [-0.3, -0.25) is 19.9 Å². The van der Waals surface area contributed by atoms with Gasteiger partial charge in [-0.2, -0.15) is 5.10 Å². The largest absolute Gasteiger partial charge is 0.495 e. The molecule has 0 spiro atoms. The molecule has 1 saturated carbocycles. The summed E-state index contributed by atoms with van der Waals surface area (Å²) in [4.78, 5) is 35.4. The average molecular weight is 575 g/mol. The van der Waals surface area contributed by atoms with E-state index < -0.39 is 10.8 Å². The molecule has 1 unspecified atom stereocenters. The van der Waals surface area contributed by atoms with E-state index in [1.807, 2.05) is 34.7 Å². The zero-order valence-corrected chi connectivity index (χ0v) is 23.7. The number of nitrogens with zero attached hydrogens (tertiary/aromatic N) is 6. The van der Waals surface area contributed by atoms with E-state index in [9.17, 15) is 14.9 Å². The Labute approximate surface area is 243 Å². The number of nitro groups is 1. The third kappa shape index (κ3) is 6.22. The van der Waals surface area contributed by atoms with Crippen LogP contribution in [0.1, 0.15) is 44.1 Å². The summed E-state index contributed by atoms with van der Waals surface area (Å²) in [6.07, 6.45) is 7.43. The van der Waals surface area contributed by atoms with E-state index in [4.69, 9.17) is 26.4 Å². The summed E-state index contributed by atoms with van der Waals surface area (Å²) < 4.78 is 7.14. The number of rotatable bonds is 10. The zero-order chi connectivity index (χ0) is 28.9. The predicted molar refractivity (Wildman–Crippen MR) is 156 cm³/mol. The highest BCUT2D eigenvalue weighted by atomic mass is 35.5. The Balaban J connectivity index is 1.44. The number of carbonyl (C=O) groups excluding carboxylic acids is 1. The van der Waals surface area contributed by atoms with Gasteiger partial charge in [0.25, 0.3) is 5.69 Å². The van der Waals surface area contributed by atoms with Crippen molar-refractivity contribution >= 4 is 23.2 Å². The molecule has 1 atom stereocenters. The Morgan fingerprint density at radius 2 is 1.83 bits per heavy atom. The third-order valence-electron chi connectivity index (χ3n) is 7.60. The summed E-state index contributed by atoms with van der Waals surface area (Å²) in [7, 11) is 1.57. The number of amides is 1. The molecular weight excluding hydrogens is 544 g/mol. The van der Waals surface area contributed by atoms with Crippen molar-refractivity contribution in [2.45, 2.75) is 51.1 Å². The fourth-order valence-corrected chi connectivity index (χ4v) is 5.57.